The fraction of sp³-hybridized carbons (Fsp3) is 0.188. The van der Waals surface area contributed by atoms with Crippen molar-refractivity contribution in [2.45, 2.75) is 20.4 Å². The van der Waals surface area contributed by atoms with E-state index in [0.717, 1.165) is 32.8 Å². The molecule has 2 aromatic heterocycles. The summed E-state index contributed by atoms with van der Waals surface area (Å²) in [6.07, 6.45) is 1.77. The molecule has 0 aliphatic rings. The number of aromatic nitrogens is 3. The zero-order valence-corrected chi connectivity index (χ0v) is 14.1. The van der Waals surface area contributed by atoms with E-state index in [9.17, 15) is 0 Å². The van der Waals surface area contributed by atoms with Crippen LogP contribution in [0.4, 0.5) is 17.5 Å². The molecule has 24 heavy (non-hydrogen) atoms. The van der Waals surface area contributed by atoms with Crippen LogP contribution in [0.15, 0.2) is 24.4 Å². The molecule has 0 fully saturated rings. The normalized spacial score (nSPS) is 10.5. The van der Waals surface area contributed by atoms with Gasteiger partial charge in [-0.05, 0) is 42.7 Å². The largest absolute Gasteiger partial charge is 0.412 e. The Bertz CT molecular complexity index is 899. The highest BCUT2D eigenvalue weighted by Crippen LogP contribution is 2.25. The van der Waals surface area contributed by atoms with Gasteiger partial charge in [0.15, 0.2) is 5.65 Å². The van der Waals surface area contributed by atoms with Crippen LogP contribution in [-0.4, -0.2) is 20.4 Å². The predicted octanol–water partition coefficient (Wildman–Crippen LogP) is 2.25. The Morgan fingerprint density at radius 3 is 2.62 bits per heavy atom. The van der Waals surface area contributed by atoms with E-state index in [0.29, 0.717) is 18.0 Å². The van der Waals surface area contributed by atoms with Crippen LogP contribution in [0.2, 0.25) is 5.02 Å². The standard InChI is InChI=1S/C16H17ClN6.H2O/c1-8-3-4-11(5-12(8)17)20-6-10-7-21-15-13(9(10)2)14(18)22-16(19)23-15;/h3-5,7,20H,6H2,1-2H3,(H4,18,19,21,22,23);1H2. The summed E-state index contributed by atoms with van der Waals surface area (Å²) >= 11 is 6.14. The maximum absolute atomic E-state index is 6.14. The molecule has 0 atom stereocenters. The lowest BCUT2D eigenvalue weighted by Crippen LogP contribution is -2.07. The molecule has 1 aromatic carbocycles. The number of hydrogen-bond donors (Lipinski definition) is 3. The van der Waals surface area contributed by atoms with Crippen LogP contribution >= 0.6 is 11.6 Å². The molecule has 3 aromatic rings. The molecule has 0 saturated carbocycles. The van der Waals surface area contributed by atoms with E-state index in [4.69, 9.17) is 23.1 Å². The number of aryl methyl sites for hydroxylation is 2. The second kappa shape index (κ2) is 6.86. The Morgan fingerprint density at radius 2 is 1.92 bits per heavy atom. The van der Waals surface area contributed by atoms with Gasteiger partial charge >= 0.3 is 0 Å². The summed E-state index contributed by atoms with van der Waals surface area (Å²) in [5.74, 6) is 0.472. The summed E-state index contributed by atoms with van der Waals surface area (Å²) in [4.78, 5) is 12.5. The summed E-state index contributed by atoms with van der Waals surface area (Å²) in [6, 6.07) is 5.87. The van der Waals surface area contributed by atoms with Crippen LogP contribution in [-0.2, 0) is 6.54 Å². The molecule has 0 aliphatic heterocycles. The van der Waals surface area contributed by atoms with Crippen molar-refractivity contribution < 1.29 is 5.48 Å². The van der Waals surface area contributed by atoms with E-state index < -0.39 is 0 Å². The summed E-state index contributed by atoms with van der Waals surface area (Å²) in [5.41, 5.74) is 16.1. The average molecular weight is 347 g/mol. The predicted molar refractivity (Wildman–Crippen MR) is 98.0 cm³/mol. The summed E-state index contributed by atoms with van der Waals surface area (Å²) in [6.45, 7) is 4.54. The average Bonchev–Trinajstić information content (AvgIpc) is 2.49. The zero-order valence-electron chi connectivity index (χ0n) is 13.4. The second-order valence-corrected chi connectivity index (χ2v) is 5.80. The van der Waals surface area contributed by atoms with E-state index in [-0.39, 0.29) is 11.4 Å². The first kappa shape index (κ1) is 17.7. The van der Waals surface area contributed by atoms with E-state index in [1.54, 1.807) is 6.20 Å². The van der Waals surface area contributed by atoms with E-state index in [2.05, 4.69) is 20.3 Å². The minimum absolute atomic E-state index is 0. The molecule has 0 bridgehead atoms. The number of pyridine rings is 1. The Balaban J connectivity index is 0.00000208. The minimum atomic E-state index is 0. The molecule has 0 saturated heterocycles. The van der Waals surface area contributed by atoms with Crippen molar-refractivity contribution in [3.05, 3.63) is 46.1 Å². The Morgan fingerprint density at radius 1 is 1.17 bits per heavy atom. The van der Waals surface area contributed by atoms with Crippen LogP contribution in [0.25, 0.3) is 11.0 Å². The fourth-order valence-electron chi connectivity index (χ4n) is 2.41. The zero-order chi connectivity index (χ0) is 16.6. The number of nitrogens with one attached hydrogen (secondary N) is 1. The number of fused-ring (bicyclic) bond motifs is 1. The van der Waals surface area contributed by atoms with Gasteiger partial charge in [0.05, 0.1) is 5.39 Å². The maximum atomic E-state index is 6.14. The summed E-state index contributed by atoms with van der Waals surface area (Å²) in [7, 11) is 0. The number of nitrogens with zero attached hydrogens (tertiary/aromatic N) is 3. The highest BCUT2D eigenvalue weighted by Gasteiger charge is 2.11. The van der Waals surface area contributed by atoms with Gasteiger partial charge in [0.25, 0.3) is 0 Å². The van der Waals surface area contributed by atoms with Gasteiger partial charge in [0.1, 0.15) is 5.82 Å². The molecule has 126 valence electrons. The van der Waals surface area contributed by atoms with Crippen molar-refractivity contribution in [3.63, 3.8) is 0 Å². The molecular formula is C16H19ClN6O. The van der Waals surface area contributed by atoms with Crippen LogP contribution in [0.5, 0.6) is 0 Å². The van der Waals surface area contributed by atoms with Gasteiger partial charge in [0, 0.05) is 23.5 Å². The van der Waals surface area contributed by atoms with Gasteiger partial charge in [-0.2, -0.15) is 9.97 Å². The number of benzene rings is 1. The van der Waals surface area contributed by atoms with Crippen molar-refractivity contribution in [1.82, 2.24) is 15.0 Å². The highest BCUT2D eigenvalue weighted by atomic mass is 35.5. The van der Waals surface area contributed by atoms with Crippen molar-refractivity contribution in [3.8, 4) is 0 Å². The van der Waals surface area contributed by atoms with Gasteiger partial charge in [0.2, 0.25) is 5.95 Å². The monoisotopic (exact) mass is 346 g/mol. The molecule has 8 heteroatoms. The first-order valence-corrected chi connectivity index (χ1v) is 7.50. The molecule has 0 amide bonds. The Kier molecular flexibility index (Phi) is 5.06. The Labute approximate surface area is 144 Å². The van der Waals surface area contributed by atoms with Crippen molar-refractivity contribution in [1.29, 1.82) is 0 Å². The van der Waals surface area contributed by atoms with Crippen LogP contribution in [0.3, 0.4) is 0 Å². The third-order valence-electron chi connectivity index (χ3n) is 3.79. The molecule has 0 spiro atoms. The van der Waals surface area contributed by atoms with Gasteiger partial charge in [-0.1, -0.05) is 17.7 Å². The van der Waals surface area contributed by atoms with E-state index >= 15 is 0 Å². The third kappa shape index (κ3) is 3.32. The lowest BCUT2D eigenvalue weighted by molar-refractivity contribution is 0.824. The third-order valence-corrected chi connectivity index (χ3v) is 4.20. The number of halogens is 1. The second-order valence-electron chi connectivity index (χ2n) is 5.39. The van der Waals surface area contributed by atoms with Crippen molar-refractivity contribution >= 4 is 40.1 Å². The molecule has 3 rings (SSSR count). The lowest BCUT2D eigenvalue weighted by Gasteiger charge is -2.12. The number of anilines is 3. The van der Waals surface area contributed by atoms with Gasteiger partial charge < -0.3 is 22.3 Å². The fourth-order valence-corrected chi connectivity index (χ4v) is 2.59. The maximum Gasteiger partial charge on any atom is 0.224 e. The summed E-state index contributed by atoms with van der Waals surface area (Å²) in [5, 5.41) is 4.80. The van der Waals surface area contributed by atoms with Crippen LogP contribution < -0.4 is 16.8 Å². The van der Waals surface area contributed by atoms with Crippen molar-refractivity contribution in [2.24, 2.45) is 0 Å². The van der Waals surface area contributed by atoms with E-state index in [1.807, 2.05) is 32.0 Å². The van der Waals surface area contributed by atoms with Crippen LogP contribution in [0.1, 0.15) is 16.7 Å². The van der Waals surface area contributed by atoms with Gasteiger partial charge in [-0.25, -0.2) is 4.98 Å². The minimum Gasteiger partial charge on any atom is -0.412 e. The number of nitrogen functional groups attached to an aromatic ring is 2. The summed E-state index contributed by atoms with van der Waals surface area (Å²) < 4.78 is 0. The van der Waals surface area contributed by atoms with E-state index in [1.165, 1.54) is 0 Å². The number of nitrogens with two attached hydrogens (primary N) is 2. The van der Waals surface area contributed by atoms with Gasteiger partial charge in [-0.15, -0.1) is 0 Å². The quantitative estimate of drug-likeness (QED) is 0.665. The smallest absolute Gasteiger partial charge is 0.224 e. The molecular weight excluding hydrogens is 328 g/mol. The van der Waals surface area contributed by atoms with Crippen LogP contribution in [0, 0.1) is 13.8 Å². The lowest BCUT2D eigenvalue weighted by atomic mass is 10.1. The molecule has 0 unspecified atom stereocenters. The molecule has 0 aliphatic carbocycles. The molecule has 7 nitrogen and oxygen atoms in total. The molecule has 7 N–H and O–H groups in total. The van der Waals surface area contributed by atoms with Gasteiger partial charge in [-0.3, -0.25) is 0 Å². The first-order chi connectivity index (χ1) is 11.0. The SMILES string of the molecule is Cc1ccc(NCc2cnc3nc(N)nc(N)c3c2C)cc1Cl.O. The highest BCUT2D eigenvalue weighted by molar-refractivity contribution is 6.31. The topological polar surface area (TPSA) is 134 Å². The number of hydrogen-bond acceptors (Lipinski definition) is 6. The van der Waals surface area contributed by atoms with Crippen molar-refractivity contribution in [2.75, 3.05) is 16.8 Å². The Hall–Kier alpha value is -2.64. The molecule has 2 heterocycles. The first-order valence-electron chi connectivity index (χ1n) is 7.13. The number of rotatable bonds is 3. The molecule has 0 radical (unpaired) electrons.